The van der Waals surface area contributed by atoms with E-state index in [0.717, 1.165) is 36.1 Å². The number of hydrogen-bond acceptors (Lipinski definition) is 4. The summed E-state index contributed by atoms with van der Waals surface area (Å²) in [6.45, 7) is 0. The van der Waals surface area contributed by atoms with Gasteiger partial charge in [0.25, 0.3) is 5.69 Å². The Morgan fingerprint density at radius 2 is 1.75 bits per heavy atom. The van der Waals surface area contributed by atoms with Crippen LogP contribution >= 0.6 is 11.8 Å². The van der Waals surface area contributed by atoms with E-state index < -0.39 is 0 Å². The van der Waals surface area contributed by atoms with Gasteiger partial charge in [-0.15, -0.1) is 11.8 Å². The molecule has 2 saturated carbocycles. The summed E-state index contributed by atoms with van der Waals surface area (Å²) in [6.07, 6.45) is 12.1. The zero-order chi connectivity index (χ0) is 16.9. The fourth-order valence-electron chi connectivity index (χ4n) is 3.64. The molecule has 2 fully saturated rings. The average molecular weight is 349 g/mol. The Morgan fingerprint density at radius 1 is 1.08 bits per heavy atom. The maximum Gasteiger partial charge on any atom is 0.270 e. The van der Waals surface area contributed by atoms with Crippen molar-refractivity contribution >= 4 is 23.7 Å². The van der Waals surface area contributed by atoms with Gasteiger partial charge in [0.2, 0.25) is 12.3 Å². The van der Waals surface area contributed by atoms with Gasteiger partial charge in [0.15, 0.2) is 0 Å². The highest BCUT2D eigenvalue weighted by Gasteiger charge is 2.25. The monoisotopic (exact) mass is 349 g/mol. The maximum absolute atomic E-state index is 11.1. The van der Waals surface area contributed by atoms with Crippen molar-refractivity contribution in [3.8, 4) is 0 Å². The van der Waals surface area contributed by atoms with Crippen molar-refractivity contribution in [1.29, 1.82) is 0 Å². The SMILES string of the molecule is O=[N+]([O-])c1ccc(SC2CCCC2)c(/C=[N+](\O)C2CCCCC2)c1. The third-order valence-electron chi connectivity index (χ3n) is 5.02. The minimum Gasteiger partial charge on any atom is -0.291 e. The van der Waals surface area contributed by atoms with Crippen molar-refractivity contribution in [1.82, 2.24) is 0 Å². The highest BCUT2D eigenvalue weighted by atomic mass is 32.2. The van der Waals surface area contributed by atoms with Crippen molar-refractivity contribution in [2.75, 3.05) is 0 Å². The third-order valence-corrected chi connectivity index (χ3v) is 6.45. The molecular formula is C18H25N2O3S+. The van der Waals surface area contributed by atoms with Crippen molar-refractivity contribution in [2.45, 2.75) is 74.0 Å². The van der Waals surface area contributed by atoms with Crippen molar-refractivity contribution < 1.29 is 14.9 Å². The van der Waals surface area contributed by atoms with Crippen LogP contribution in [0.15, 0.2) is 23.1 Å². The van der Waals surface area contributed by atoms with Gasteiger partial charge in [0.1, 0.15) is 0 Å². The van der Waals surface area contributed by atoms with Gasteiger partial charge in [-0.3, -0.25) is 15.3 Å². The predicted molar refractivity (Wildman–Crippen MR) is 95.3 cm³/mol. The predicted octanol–water partition coefficient (Wildman–Crippen LogP) is 4.78. The van der Waals surface area contributed by atoms with E-state index in [-0.39, 0.29) is 16.7 Å². The molecule has 1 N–H and O–H groups in total. The molecule has 0 amide bonds. The second-order valence-corrected chi connectivity index (χ2v) is 8.15. The molecule has 0 radical (unpaired) electrons. The summed E-state index contributed by atoms with van der Waals surface area (Å²) in [5.41, 5.74) is 0.836. The number of nitrogens with zero attached hydrogens (tertiary/aromatic N) is 2. The van der Waals surface area contributed by atoms with E-state index in [2.05, 4.69) is 0 Å². The van der Waals surface area contributed by atoms with Gasteiger partial charge in [0, 0.05) is 35.1 Å². The third kappa shape index (κ3) is 4.29. The second-order valence-electron chi connectivity index (χ2n) is 6.80. The molecule has 0 atom stereocenters. The summed E-state index contributed by atoms with van der Waals surface area (Å²) in [4.78, 5) is 11.8. The first kappa shape index (κ1) is 17.3. The summed E-state index contributed by atoms with van der Waals surface area (Å²) in [6, 6.07) is 5.12. The molecule has 6 heteroatoms. The van der Waals surface area contributed by atoms with E-state index in [1.165, 1.54) is 36.8 Å². The quantitative estimate of drug-likeness (QED) is 0.273. The van der Waals surface area contributed by atoms with Gasteiger partial charge in [0.05, 0.1) is 10.5 Å². The molecule has 1 aromatic carbocycles. The number of non-ortho nitro benzene ring substituents is 1. The van der Waals surface area contributed by atoms with Gasteiger partial charge in [-0.05, 0) is 36.5 Å². The molecule has 5 nitrogen and oxygen atoms in total. The molecule has 0 unspecified atom stereocenters. The highest BCUT2D eigenvalue weighted by molar-refractivity contribution is 8.00. The van der Waals surface area contributed by atoms with Crippen LogP contribution in [0.2, 0.25) is 0 Å². The zero-order valence-electron chi connectivity index (χ0n) is 13.9. The van der Waals surface area contributed by atoms with Crippen LogP contribution in [-0.4, -0.2) is 32.4 Å². The summed E-state index contributed by atoms with van der Waals surface area (Å²) in [7, 11) is 0. The van der Waals surface area contributed by atoms with Crippen LogP contribution in [0.5, 0.6) is 0 Å². The minimum atomic E-state index is -0.371. The largest absolute Gasteiger partial charge is 0.291 e. The molecule has 0 spiro atoms. The standard InChI is InChI=1S/C18H25N2O3S/c21-19(15-6-2-1-3-7-15)13-14-12-16(20(22)23)10-11-18(14)24-17-8-4-5-9-17/h10-13,15,17,21H,1-9H2/q+1/b19-13-. The molecule has 0 bridgehead atoms. The Morgan fingerprint density at radius 3 is 2.42 bits per heavy atom. The molecule has 0 aromatic heterocycles. The summed E-state index contributed by atoms with van der Waals surface area (Å²) in [5, 5.41) is 22.1. The van der Waals surface area contributed by atoms with E-state index in [0.29, 0.717) is 5.25 Å². The smallest absolute Gasteiger partial charge is 0.270 e. The van der Waals surface area contributed by atoms with Crippen LogP contribution in [0.1, 0.15) is 63.4 Å². The van der Waals surface area contributed by atoms with Gasteiger partial charge in [-0.1, -0.05) is 19.3 Å². The number of nitro benzene ring substituents is 1. The second kappa shape index (κ2) is 8.01. The number of hydrogen-bond donors (Lipinski definition) is 1. The summed E-state index contributed by atoms with van der Waals surface area (Å²) in [5.74, 6) is 0. The highest BCUT2D eigenvalue weighted by Crippen LogP contribution is 2.37. The first-order valence-corrected chi connectivity index (χ1v) is 9.78. The fourth-order valence-corrected chi connectivity index (χ4v) is 4.96. The molecule has 1 aromatic rings. The van der Waals surface area contributed by atoms with Crippen LogP contribution in [0.3, 0.4) is 0 Å². The fraction of sp³-hybridized carbons (Fsp3) is 0.611. The lowest BCUT2D eigenvalue weighted by Crippen LogP contribution is -2.27. The molecule has 0 aliphatic heterocycles. The maximum atomic E-state index is 11.1. The first-order valence-electron chi connectivity index (χ1n) is 8.90. The van der Waals surface area contributed by atoms with Gasteiger partial charge in [-0.25, -0.2) is 0 Å². The molecular weight excluding hydrogens is 324 g/mol. The number of nitro groups is 1. The molecule has 2 aliphatic carbocycles. The Hall–Kier alpha value is -1.56. The first-order chi connectivity index (χ1) is 11.6. The molecule has 0 saturated heterocycles. The lowest BCUT2D eigenvalue weighted by atomic mass is 9.96. The Balaban J connectivity index is 1.86. The van der Waals surface area contributed by atoms with Crippen LogP contribution < -0.4 is 0 Å². The lowest BCUT2D eigenvalue weighted by molar-refractivity contribution is -0.797. The van der Waals surface area contributed by atoms with Crippen molar-refractivity contribution in [2.24, 2.45) is 0 Å². The van der Waals surface area contributed by atoms with Crippen molar-refractivity contribution in [3.63, 3.8) is 0 Å². The van der Waals surface area contributed by atoms with Crippen molar-refractivity contribution in [3.05, 3.63) is 33.9 Å². The Labute approximate surface area is 146 Å². The minimum absolute atomic E-state index is 0.0778. The topological polar surface area (TPSA) is 66.4 Å². The average Bonchev–Trinajstić information content (AvgIpc) is 3.10. The van der Waals surface area contributed by atoms with E-state index in [1.54, 1.807) is 30.1 Å². The van der Waals surface area contributed by atoms with Crippen LogP contribution in [0.4, 0.5) is 5.69 Å². The van der Waals surface area contributed by atoms with E-state index >= 15 is 0 Å². The molecule has 2 aliphatic rings. The number of hydroxylamine groups is 1. The van der Waals surface area contributed by atoms with E-state index in [9.17, 15) is 15.3 Å². The number of thioether (sulfide) groups is 1. The van der Waals surface area contributed by atoms with Crippen LogP contribution in [0, 0.1) is 10.1 Å². The van der Waals surface area contributed by atoms with E-state index in [1.807, 2.05) is 6.07 Å². The zero-order valence-corrected chi connectivity index (χ0v) is 14.7. The molecule has 24 heavy (non-hydrogen) atoms. The van der Waals surface area contributed by atoms with E-state index in [4.69, 9.17) is 0 Å². The number of benzene rings is 1. The summed E-state index contributed by atoms with van der Waals surface area (Å²) < 4.78 is 1.29. The summed E-state index contributed by atoms with van der Waals surface area (Å²) >= 11 is 1.80. The van der Waals surface area contributed by atoms with Gasteiger partial charge >= 0.3 is 0 Å². The number of rotatable bonds is 5. The molecule has 0 heterocycles. The van der Waals surface area contributed by atoms with Crippen LogP contribution in [0.25, 0.3) is 0 Å². The lowest BCUT2D eigenvalue weighted by Gasteiger charge is -2.15. The Kier molecular flexibility index (Phi) is 5.76. The van der Waals surface area contributed by atoms with Crippen LogP contribution in [-0.2, 0) is 0 Å². The molecule has 3 rings (SSSR count). The van der Waals surface area contributed by atoms with Gasteiger partial charge in [-0.2, -0.15) is 0 Å². The normalized spacial score (nSPS) is 20.4. The molecule has 130 valence electrons. The van der Waals surface area contributed by atoms with Gasteiger partial charge < -0.3 is 0 Å². The Bertz CT molecular complexity index is 621.